The number of fused-ring (bicyclic) bond motifs is 5. The third-order valence-electron chi connectivity index (χ3n) is 16.7. The van der Waals surface area contributed by atoms with E-state index in [4.69, 9.17) is 40.0 Å². The Morgan fingerprint density at radius 2 is 1.35 bits per heavy atom. The van der Waals surface area contributed by atoms with Crippen LogP contribution in [0.15, 0.2) is 104 Å². The van der Waals surface area contributed by atoms with Crippen molar-refractivity contribution in [2.75, 3.05) is 91.4 Å². The van der Waals surface area contributed by atoms with Crippen molar-refractivity contribution in [2.45, 2.75) is 118 Å². The summed E-state index contributed by atoms with van der Waals surface area (Å²) in [6.45, 7) is 14.0. The molecule has 5 aliphatic rings. The fourth-order valence-corrected chi connectivity index (χ4v) is 17.3. The summed E-state index contributed by atoms with van der Waals surface area (Å²) < 4.78 is 33.6. The SMILES string of the molecule is CCC(=O)O[C@]1(C(=O)COC(=O)NCCSSC(C)(C)CNC(=O)CCOCCOCCOCCOCCNC(=O)CCN2C(=O)C(Sc3ccccc3)=C(Sc3ccccc3)C2=O)[C@@H](C)CC2[C@@H]3CCC4=CC(=O)C=C[C@]4(C)[C@@]3(Cl)[C@@H](O)C[C@@]21C. The van der Waals surface area contributed by atoms with Crippen LogP contribution in [0.2, 0.25) is 0 Å². The highest BCUT2D eigenvalue weighted by Gasteiger charge is 2.76. The number of alkyl carbamates (subject to hydrolysis) is 1. The number of allylic oxidation sites excluding steroid dienone is 4. The number of Topliss-reactive ketones (excluding diaryl/α,β-unsaturated/α-hetero) is 1. The number of nitrogens with one attached hydrogen (secondary N) is 3. The molecule has 2 aromatic rings. The molecule has 7 rings (SSSR count). The zero-order valence-electron chi connectivity index (χ0n) is 49.8. The zero-order valence-corrected chi connectivity index (χ0v) is 53.8. The minimum absolute atomic E-state index is 0.0227. The van der Waals surface area contributed by atoms with Crippen LogP contribution in [0.25, 0.3) is 0 Å². The zero-order chi connectivity index (χ0) is 62.1. The molecule has 3 saturated carbocycles. The van der Waals surface area contributed by atoms with E-state index in [9.17, 15) is 43.5 Å². The summed E-state index contributed by atoms with van der Waals surface area (Å²) in [5.74, 6) is -3.00. The molecule has 4 N–H and O–H groups in total. The molecular formula is C62H81ClN4O15S4. The number of carbonyl (C=O) groups excluding carboxylic acids is 8. The van der Waals surface area contributed by atoms with Crippen LogP contribution in [0.1, 0.15) is 86.5 Å². The number of benzene rings is 2. The van der Waals surface area contributed by atoms with Crippen molar-refractivity contribution in [3.8, 4) is 0 Å². The van der Waals surface area contributed by atoms with Gasteiger partial charge in [-0.05, 0) is 87.8 Å². The van der Waals surface area contributed by atoms with Crippen molar-refractivity contribution in [2.24, 2.45) is 28.6 Å². The van der Waals surface area contributed by atoms with E-state index < -0.39 is 69.6 Å². The summed E-state index contributed by atoms with van der Waals surface area (Å²) in [6, 6.07) is 18.7. The molecule has 5 amide bonds. The molecule has 0 spiro atoms. The second-order valence-electron chi connectivity index (χ2n) is 22.9. The largest absolute Gasteiger partial charge is 0.450 e. The normalized spacial score (nSPS) is 25.9. The highest BCUT2D eigenvalue weighted by molar-refractivity contribution is 8.77. The first-order valence-electron chi connectivity index (χ1n) is 29.3. The van der Waals surface area contributed by atoms with Crippen LogP contribution in [-0.4, -0.2) is 170 Å². The number of halogens is 1. The Kier molecular flexibility index (Phi) is 25.3. The van der Waals surface area contributed by atoms with E-state index in [2.05, 4.69) is 16.0 Å². The van der Waals surface area contributed by atoms with E-state index in [1.165, 1.54) is 40.4 Å². The van der Waals surface area contributed by atoms with Crippen molar-refractivity contribution < 1.29 is 71.9 Å². The summed E-state index contributed by atoms with van der Waals surface area (Å²) in [4.78, 5) is 107. The topological polar surface area (TPSA) is 251 Å². The minimum Gasteiger partial charge on any atom is -0.450 e. The number of rotatable bonds is 34. The fourth-order valence-electron chi connectivity index (χ4n) is 12.4. The third kappa shape index (κ3) is 16.6. The lowest BCUT2D eigenvalue weighted by Crippen LogP contribution is -2.69. The van der Waals surface area contributed by atoms with Crippen LogP contribution in [0, 0.1) is 28.6 Å². The van der Waals surface area contributed by atoms with Gasteiger partial charge in [-0.3, -0.25) is 38.5 Å². The van der Waals surface area contributed by atoms with Crippen LogP contribution in [0.3, 0.4) is 0 Å². The Morgan fingerprint density at radius 1 is 0.767 bits per heavy atom. The number of ketones is 2. The highest BCUT2D eigenvalue weighted by Crippen LogP contribution is 2.72. The van der Waals surface area contributed by atoms with E-state index >= 15 is 0 Å². The first-order valence-corrected chi connectivity index (χ1v) is 33.6. The van der Waals surface area contributed by atoms with Crippen LogP contribution < -0.4 is 16.0 Å². The lowest BCUT2D eigenvalue weighted by atomic mass is 9.45. The van der Waals surface area contributed by atoms with E-state index in [-0.39, 0.29) is 92.7 Å². The van der Waals surface area contributed by atoms with E-state index in [1.807, 2.05) is 101 Å². The van der Waals surface area contributed by atoms with E-state index in [1.54, 1.807) is 23.8 Å². The molecule has 0 radical (unpaired) electrons. The van der Waals surface area contributed by atoms with Gasteiger partial charge in [-0.1, -0.05) is 121 Å². The Labute approximate surface area is 525 Å². The highest BCUT2D eigenvalue weighted by atomic mass is 35.5. The van der Waals surface area contributed by atoms with E-state index in [0.717, 1.165) is 20.3 Å². The number of hydrogen-bond donors (Lipinski definition) is 4. The number of alkyl halides is 1. The quantitative estimate of drug-likeness (QED) is 0.0169. The van der Waals surface area contributed by atoms with Gasteiger partial charge in [0, 0.05) is 82.5 Å². The van der Waals surface area contributed by atoms with E-state index in [0.29, 0.717) is 81.0 Å². The standard InChI is InChI=1S/C62H81ClN4O15S4/c1-7-52(73)82-62(41(2)36-47-46-19-18-42-37-43(68)20-23-59(42,5)61(46,63)48(69)38-60(47,62)6)49(70)39-81-57(76)65-25-35-83-86-58(3,4)40-66-51(72)22-27-77-29-31-79-33-34-80-32-30-78-28-24-64-50(71)21-26-67-55(74)53(84-44-14-10-8-11-15-44)54(56(67)75)85-45-16-12-9-13-17-45/h8-17,20,23,37,41,46-48,69H,7,18-19,21-22,24-36,38-40H2,1-6H3,(H,64,71)(H,65,76)(H,66,72)/t41-,46-,47?,48-,59-,60-,61-,62-/m0/s1. The minimum atomic E-state index is -1.68. The van der Waals surface area contributed by atoms with Crippen molar-refractivity contribution in [3.63, 3.8) is 0 Å². The molecule has 1 heterocycles. The van der Waals surface area contributed by atoms with Crippen molar-refractivity contribution in [1.29, 1.82) is 0 Å². The van der Waals surface area contributed by atoms with Gasteiger partial charge >= 0.3 is 12.1 Å². The molecule has 24 heteroatoms. The number of thioether (sulfide) groups is 2. The van der Waals surface area contributed by atoms with Crippen LogP contribution in [0.5, 0.6) is 0 Å². The van der Waals surface area contributed by atoms with Gasteiger partial charge in [0.25, 0.3) is 11.8 Å². The molecule has 2 aromatic carbocycles. The predicted molar refractivity (Wildman–Crippen MR) is 332 cm³/mol. The maximum atomic E-state index is 14.5. The summed E-state index contributed by atoms with van der Waals surface area (Å²) in [7, 11) is 3.06. The van der Waals surface area contributed by atoms with Gasteiger partial charge in [0.2, 0.25) is 17.6 Å². The first-order chi connectivity index (χ1) is 41.1. The summed E-state index contributed by atoms with van der Waals surface area (Å²) >= 11 is 10.1. The first kappa shape index (κ1) is 68.8. The van der Waals surface area contributed by atoms with Crippen molar-refractivity contribution in [3.05, 3.63) is 94.3 Å². The summed E-state index contributed by atoms with van der Waals surface area (Å²) in [6.07, 6.45) is 4.92. The predicted octanol–water partition coefficient (Wildman–Crippen LogP) is 8.26. The molecule has 1 unspecified atom stereocenters. The van der Waals surface area contributed by atoms with Gasteiger partial charge in [0.1, 0.15) is 0 Å². The number of aliphatic hydroxyl groups is 1. The molecule has 19 nitrogen and oxygen atoms in total. The molecule has 470 valence electrons. The molecule has 86 heavy (non-hydrogen) atoms. The van der Waals surface area contributed by atoms with Crippen molar-refractivity contribution in [1.82, 2.24) is 20.9 Å². The maximum absolute atomic E-state index is 14.5. The van der Waals surface area contributed by atoms with Crippen molar-refractivity contribution >= 4 is 104 Å². The lowest BCUT2D eigenvalue weighted by molar-refractivity contribution is -0.202. The smallest absolute Gasteiger partial charge is 0.407 e. The number of amides is 5. The number of hydrogen-bond acceptors (Lipinski definition) is 19. The Morgan fingerprint density at radius 3 is 1.95 bits per heavy atom. The van der Waals surface area contributed by atoms with Gasteiger partial charge in [-0.15, -0.1) is 11.6 Å². The molecular weight excluding hydrogens is 1200 g/mol. The van der Waals surface area contributed by atoms with Gasteiger partial charge in [0.05, 0.1) is 73.6 Å². The second-order valence-corrected chi connectivity index (χ2v) is 28.8. The van der Waals surface area contributed by atoms with Crippen LogP contribution in [0.4, 0.5) is 4.79 Å². The Hall–Kier alpha value is -4.69. The fraction of sp³-hybridized carbons (Fsp3) is 0.581. The molecule has 3 fully saturated rings. The maximum Gasteiger partial charge on any atom is 0.407 e. The third-order valence-corrected chi connectivity index (χ3v) is 23.2. The average molecular weight is 1290 g/mol. The molecule has 0 saturated heterocycles. The lowest BCUT2D eigenvalue weighted by Gasteiger charge is -2.64. The Bertz CT molecular complexity index is 2780. The number of esters is 1. The van der Waals surface area contributed by atoms with Gasteiger partial charge in [-0.25, -0.2) is 4.79 Å². The van der Waals surface area contributed by atoms with Gasteiger partial charge in [-0.2, -0.15) is 0 Å². The number of carbonyl (C=O) groups is 8. The molecule has 4 aliphatic carbocycles. The summed E-state index contributed by atoms with van der Waals surface area (Å²) in [5, 5.41) is 20.5. The number of ether oxygens (including phenoxy) is 6. The van der Waals surface area contributed by atoms with Gasteiger partial charge < -0.3 is 49.5 Å². The molecule has 1 aliphatic heterocycles. The Balaban J connectivity index is 0.682. The number of imide groups is 1. The van der Waals surface area contributed by atoms with Gasteiger partial charge in [0.15, 0.2) is 18.0 Å². The molecule has 8 atom stereocenters. The monoisotopic (exact) mass is 1280 g/mol. The van der Waals surface area contributed by atoms with Crippen LogP contribution >= 0.6 is 56.7 Å². The number of nitrogens with zero attached hydrogens (tertiary/aromatic N) is 1. The summed E-state index contributed by atoms with van der Waals surface area (Å²) in [5.41, 5.74) is -2.63. The molecule has 0 bridgehead atoms. The number of aliphatic hydroxyl groups excluding tert-OH is 1. The average Bonchev–Trinajstić information content (AvgIpc) is 1.33. The second kappa shape index (κ2) is 31.7. The molecule has 0 aromatic heterocycles. The van der Waals surface area contributed by atoms with Crippen LogP contribution in [-0.2, 0) is 62.0 Å².